The predicted octanol–water partition coefficient (Wildman–Crippen LogP) is 4.22. The van der Waals surface area contributed by atoms with Gasteiger partial charge in [-0.1, -0.05) is 48.5 Å². The van der Waals surface area contributed by atoms with Gasteiger partial charge in [-0.25, -0.2) is 9.36 Å². The van der Waals surface area contributed by atoms with Gasteiger partial charge < -0.3 is 0 Å². The van der Waals surface area contributed by atoms with Crippen molar-refractivity contribution < 1.29 is 0 Å². The monoisotopic (exact) mass is 451 g/mol. The Kier molecular flexibility index (Phi) is 6.40. The van der Waals surface area contributed by atoms with Crippen LogP contribution in [0.1, 0.15) is 17.5 Å². The molecule has 0 aliphatic rings. The van der Waals surface area contributed by atoms with Crippen LogP contribution in [-0.2, 0) is 6.54 Å². The summed E-state index contributed by atoms with van der Waals surface area (Å²) in [6.07, 6.45) is 4.45. The number of aryl methyl sites for hydroxylation is 1. The molecule has 0 aliphatic heterocycles. The van der Waals surface area contributed by atoms with Gasteiger partial charge in [0.15, 0.2) is 0 Å². The van der Waals surface area contributed by atoms with Crippen LogP contribution in [0.25, 0.3) is 26.9 Å². The van der Waals surface area contributed by atoms with Gasteiger partial charge in [0.05, 0.1) is 29.6 Å². The molecule has 0 saturated carbocycles. The van der Waals surface area contributed by atoms with E-state index in [4.69, 9.17) is 5.26 Å². The number of thiophene rings is 1. The third-order valence-corrected chi connectivity index (χ3v) is 6.08. The summed E-state index contributed by atoms with van der Waals surface area (Å²) >= 11 is 1.21. The van der Waals surface area contributed by atoms with E-state index < -0.39 is 11.2 Å². The van der Waals surface area contributed by atoms with Crippen LogP contribution < -0.4 is 11.2 Å². The van der Waals surface area contributed by atoms with Crippen molar-refractivity contribution in [2.75, 3.05) is 0 Å². The van der Waals surface area contributed by atoms with Crippen LogP contribution in [0.2, 0.25) is 0 Å². The minimum absolute atomic E-state index is 0.114. The van der Waals surface area contributed by atoms with E-state index in [1.54, 1.807) is 30.5 Å². The lowest BCUT2D eigenvalue weighted by molar-refractivity contribution is 0.671. The molecule has 0 atom stereocenters. The molecule has 2 aromatic heterocycles. The number of benzene rings is 2. The van der Waals surface area contributed by atoms with Gasteiger partial charge in [-0.3, -0.25) is 14.4 Å². The number of aromatic nitrogens is 2. The first-order valence-electron chi connectivity index (χ1n) is 10.0. The Hall–Kier alpha value is -4.53. The summed E-state index contributed by atoms with van der Waals surface area (Å²) in [5.41, 5.74) is 1.48. The zero-order valence-corrected chi connectivity index (χ0v) is 18.2. The lowest BCUT2D eigenvalue weighted by Gasteiger charge is -2.07. The summed E-state index contributed by atoms with van der Waals surface area (Å²) < 4.78 is 2.78. The molecule has 0 saturated heterocycles. The second kappa shape index (κ2) is 9.73. The summed E-state index contributed by atoms with van der Waals surface area (Å²) in [5, 5.41) is 18.5. The molecule has 0 spiro atoms. The molecule has 4 aromatic rings. The Balaban J connectivity index is 1.84. The van der Waals surface area contributed by atoms with Crippen molar-refractivity contribution >= 4 is 34.0 Å². The van der Waals surface area contributed by atoms with E-state index in [2.05, 4.69) is 11.1 Å². The molecular weight excluding hydrogens is 434 g/mol. The maximum atomic E-state index is 13.2. The van der Waals surface area contributed by atoms with E-state index in [-0.39, 0.29) is 13.0 Å². The molecule has 0 unspecified atom stereocenters. The van der Waals surface area contributed by atoms with E-state index in [1.807, 2.05) is 42.5 Å². The highest BCUT2D eigenvalue weighted by atomic mass is 32.1. The number of nitrogens with zero attached hydrogens (tertiary/aromatic N) is 5. The summed E-state index contributed by atoms with van der Waals surface area (Å²) in [7, 11) is 0. The van der Waals surface area contributed by atoms with Crippen LogP contribution in [0.3, 0.4) is 0 Å². The fraction of sp³-hybridized carbons (Fsp3) is 0.0800. The van der Waals surface area contributed by atoms with Crippen molar-refractivity contribution in [1.29, 1.82) is 10.5 Å². The van der Waals surface area contributed by atoms with Gasteiger partial charge in [-0.15, -0.1) is 11.3 Å². The van der Waals surface area contributed by atoms with Crippen LogP contribution >= 0.6 is 11.3 Å². The molecule has 0 fully saturated rings. The largest absolute Gasteiger partial charge is 0.335 e. The molecule has 0 aliphatic carbocycles. The normalized spacial score (nSPS) is 11.2. The van der Waals surface area contributed by atoms with E-state index in [0.717, 1.165) is 10.1 Å². The van der Waals surface area contributed by atoms with Crippen LogP contribution in [0.4, 0.5) is 0 Å². The number of hydrogen-bond acceptors (Lipinski definition) is 6. The highest BCUT2D eigenvalue weighted by Gasteiger charge is 2.17. The molecule has 0 radical (unpaired) electrons. The SMILES string of the molecule is N#CCCn1c(=O)n(/C=C/N=Cc2ccccc2)c(=O)c2sc(-c3ccccc3C#N)cc21. The Morgan fingerprint density at radius 2 is 1.79 bits per heavy atom. The van der Waals surface area contributed by atoms with Crippen molar-refractivity contribution in [3.05, 3.63) is 98.8 Å². The van der Waals surface area contributed by atoms with Crippen LogP contribution in [0.15, 0.2) is 81.4 Å². The first kappa shape index (κ1) is 21.7. The first-order valence-corrected chi connectivity index (χ1v) is 10.9. The van der Waals surface area contributed by atoms with Crippen LogP contribution in [0, 0.1) is 22.7 Å². The van der Waals surface area contributed by atoms with Crippen molar-refractivity contribution in [3.63, 3.8) is 0 Å². The van der Waals surface area contributed by atoms with Crippen LogP contribution in [0.5, 0.6) is 0 Å². The van der Waals surface area contributed by atoms with E-state index >= 15 is 0 Å². The van der Waals surface area contributed by atoms with Gasteiger partial charge >= 0.3 is 5.69 Å². The number of nitriles is 2. The summed E-state index contributed by atoms with van der Waals surface area (Å²) in [6.45, 7) is 0.142. The molecule has 160 valence electrons. The maximum absolute atomic E-state index is 13.2. The van der Waals surface area contributed by atoms with E-state index in [1.165, 1.54) is 28.3 Å². The van der Waals surface area contributed by atoms with Gasteiger partial charge in [-0.2, -0.15) is 10.5 Å². The molecule has 0 bridgehead atoms. The molecule has 0 N–H and O–H groups in total. The quantitative estimate of drug-likeness (QED) is 0.409. The van der Waals surface area contributed by atoms with Crippen LogP contribution in [-0.4, -0.2) is 15.3 Å². The summed E-state index contributed by atoms with van der Waals surface area (Å²) in [6, 6.07) is 22.5. The third-order valence-electron chi connectivity index (χ3n) is 4.94. The molecule has 2 aromatic carbocycles. The lowest BCUT2D eigenvalue weighted by atomic mass is 10.1. The Bertz CT molecular complexity index is 1580. The minimum Gasteiger partial charge on any atom is -0.291 e. The average molecular weight is 452 g/mol. The molecule has 33 heavy (non-hydrogen) atoms. The van der Waals surface area contributed by atoms with Gasteiger partial charge in [0.25, 0.3) is 5.56 Å². The van der Waals surface area contributed by atoms with E-state index in [0.29, 0.717) is 26.2 Å². The lowest BCUT2D eigenvalue weighted by Crippen LogP contribution is -2.36. The smallest absolute Gasteiger partial charge is 0.291 e. The molecule has 2 heterocycles. The minimum atomic E-state index is -0.549. The van der Waals surface area contributed by atoms with Gasteiger partial charge in [0, 0.05) is 35.6 Å². The standard InChI is InChI=1S/C25H17N5O2S/c26-11-6-13-29-21-15-22(20-10-5-4-9-19(20)16-27)33-23(21)24(31)30(25(29)32)14-12-28-17-18-7-2-1-3-8-18/h1-5,7-10,12,14-15,17H,6,13H2/b14-12+,28-17?. The van der Waals surface area contributed by atoms with Crippen molar-refractivity contribution in [2.24, 2.45) is 4.99 Å². The zero-order valence-electron chi connectivity index (χ0n) is 17.4. The fourth-order valence-corrected chi connectivity index (χ4v) is 4.51. The second-order valence-electron chi connectivity index (χ2n) is 6.99. The van der Waals surface area contributed by atoms with Gasteiger partial charge in [0.2, 0.25) is 0 Å². The number of aliphatic imine (C=N–C) groups is 1. The Morgan fingerprint density at radius 1 is 1.03 bits per heavy atom. The highest BCUT2D eigenvalue weighted by molar-refractivity contribution is 7.22. The fourth-order valence-electron chi connectivity index (χ4n) is 3.38. The topological polar surface area (TPSA) is 104 Å². The van der Waals surface area contributed by atoms with Crippen molar-refractivity contribution in [1.82, 2.24) is 9.13 Å². The van der Waals surface area contributed by atoms with E-state index in [9.17, 15) is 14.9 Å². The predicted molar refractivity (Wildman–Crippen MR) is 130 cm³/mol. The zero-order chi connectivity index (χ0) is 23.2. The molecule has 7 nitrogen and oxygen atoms in total. The van der Waals surface area contributed by atoms with Crippen molar-refractivity contribution in [2.45, 2.75) is 13.0 Å². The highest BCUT2D eigenvalue weighted by Crippen LogP contribution is 2.33. The van der Waals surface area contributed by atoms with Gasteiger partial charge in [-0.05, 0) is 17.7 Å². The summed E-state index contributed by atoms with van der Waals surface area (Å²) in [4.78, 5) is 31.1. The maximum Gasteiger partial charge on any atom is 0.335 e. The average Bonchev–Trinajstić information content (AvgIpc) is 3.29. The first-order chi connectivity index (χ1) is 16.1. The third kappa shape index (κ3) is 4.42. The number of hydrogen-bond donors (Lipinski definition) is 0. The molecule has 4 rings (SSSR count). The summed E-state index contributed by atoms with van der Waals surface area (Å²) in [5.74, 6) is 0. The molecule has 8 heteroatoms. The molecule has 0 amide bonds. The molecular formula is C25H17N5O2S. The second-order valence-corrected chi connectivity index (χ2v) is 8.04. The Labute approximate surface area is 193 Å². The van der Waals surface area contributed by atoms with Crippen molar-refractivity contribution in [3.8, 4) is 22.6 Å². The Morgan fingerprint density at radius 3 is 2.55 bits per heavy atom. The number of rotatable bonds is 6. The number of fused-ring (bicyclic) bond motifs is 1. The van der Waals surface area contributed by atoms with Gasteiger partial charge in [0.1, 0.15) is 4.70 Å².